The zero-order valence-corrected chi connectivity index (χ0v) is 11.0. The van der Waals surface area contributed by atoms with Crippen molar-refractivity contribution in [2.75, 3.05) is 17.2 Å². The van der Waals surface area contributed by atoms with E-state index in [1.807, 2.05) is 18.2 Å². The van der Waals surface area contributed by atoms with E-state index in [2.05, 4.69) is 34.1 Å². The molecule has 4 rings (SSSR count). The van der Waals surface area contributed by atoms with Gasteiger partial charge in [0.15, 0.2) is 5.58 Å². The van der Waals surface area contributed by atoms with Gasteiger partial charge in [-0.1, -0.05) is 30.3 Å². The van der Waals surface area contributed by atoms with Crippen LogP contribution in [0, 0.1) is 0 Å². The Kier molecular flexibility index (Phi) is 2.42. The summed E-state index contributed by atoms with van der Waals surface area (Å²) >= 11 is 0. The summed E-state index contributed by atoms with van der Waals surface area (Å²) in [5.41, 5.74) is 10.9. The first-order valence-electron chi connectivity index (χ1n) is 6.78. The molecule has 3 aromatic rings. The minimum absolute atomic E-state index is 0.660. The van der Waals surface area contributed by atoms with Gasteiger partial charge in [-0.15, -0.1) is 0 Å². The van der Waals surface area contributed by atoms with Crippen molar-refractivity contribution < 1.29 is 4.42 Å². The standard InChI is InChI=1S/C16H15N3O/c17-13-6-3-7-14-15(13)18-16(20-14)19-9-8-11-4-1-2-5-12(11)10-19/h1-7H,8-10,17H2. The Morgan fingerprint density at radius 2 is 1.90 bits per heavy atom. The molecule has 4 heteroatoms. The maximum absolute atomic E-state index is 5.93. The van der Waals surface area contributed by atoms with E-state index < -0.39 is 0 Å². The van der Waals surface area contributed by atoms with Crippen molar-refractivity contribution in [2.45, 2.75) is 13.0 Å². The highest BCUT2D eigenvalue weighted by atomic mass is 16.4. The number of nitrogen functional groups attached to an aromatic ring is 1. The van der Waals surface area contributed by atoms with Crippen molar-refractivity contribution in [3.63, 3.8) is 0 Å². The van der Waals surface area contributed by atoms with E-state index >= 15 is 0 Å². The number of oxazole rings is 1. The summed E-state index contributed by atoms with van der Waals surface area (Å²) in [6.07, 6.45) is 1.02. The number of para-hydroxylation sites is 1. The number of aromatic nitrogens is 1. The number of nitrogens with two attached hydrogens (primary N) is 1. The first-order chi connectivity index (χ1) is 9.81. The molecule has 20 heavy (non-hydrogen) atoms. The number of anilines is 2. The molecule has 2 heterocycles. The van der Waals surface area contributed by atoms with Crippen LogP contribution in [0.1, 0.15) is 11.1 Å². The quantitative estimate of drug-likeness (QED) is 0.687. The van der Waals surface area contributed by atoms with E-state index in [1.165, 1.54) is 11.1 Å². The molecule has 100 valence electrons. The largest absolute Gasteiger partial charge is 0.423 e. The van der Waals surface area contributed by atoms with Gasteiger partial charge in [0.25, 0.3) is 6.01 Å². The van der Waals surface area contributed by atoms with Gasteiger partial charge in [0.05, 0.1) is 5.69 Å². The first-order valence-corrected chi connectivity index (χ1v) is 6.78. The molecule has 2 aromatic carbocycles. The molecule has 0 amide bonds. The molecule has 0 unspecified atom stereocenters. The SMILES string of the molecule is Nc1cccc2oc(N3CCc4ccccc4C3)nc12. The first kappa shape index (κ1) is 11.3. The highest BCUT2D eigenvalue weighted by Crippen LogP contribution is 2.29. The van der Waals surface area contributed by atoms with Gasteiger partial charge in [0.1, 0.15) is 5.52 Å². The molecule has 1 aliphatic heterocycles. The normalized spacial score (nSPS) is 14.5. The lowest BCUT2D eigenvalue weighted by Crippen LogP contribution is -2.30. The van der Waals surface area contributed by atoms with Gasteiger partial charge >= 0.3 is 0 Å². The Balaban J connectivity index is 1.72. The molecule has 2 N–H and O–H groups in total. The Morgan fingerprint density at radius 1 is 1.05 bits per heavy atom. The second-order valence-corrected chi connectivity index (χ2v) is 5.13. The van der Waals surface area contributed by atoms with Crippen LogP contribution in [0.4, 0.5) is 11.7 Å². The minimum Gasteiger partial charge on any atom is -0.423 e. The van der Waals surface area contributed by atoms with E-state index in [0.29, 0.717) is 11.7 Å². The summed E-state index contributed by atoms with van der Waals surface area (Å²) in [6.45, 7) is 1.76. The van der Waals surface area contributed by atoms with E-state index in [9.17, 15) is 0 Å². The Morgan fingerprint density at radius 3 is 2.75 bits per heavy atom. The second-order valence-electron chi connectivity index (χ2n) is 5.13. The van der Waals surface area contributed by atoms with Gasteiger partial charge in [-0.05, 0) is 29.7 Å². The van der Waals surface area contributed by atoms with Crippen molar-refractivity contribution >= 4 is 22.8 Å². The summed E-state index contributed by atoms with van der Waals surface area (Å²) in [4.78, 5) is 6.71. The van der Waals surface area contributed by atoms with Gasteiger partial charge in [0.2, 0.25) is 0 Å². The van der Waals surface area contributed by atoms with Crippen LogP contribution >= 0.6 is 0 Å². The third kappa shape index (κ3) is 1.72. The lowest BCUT2D eigenvalue weighted by atomic mass is 10.0. The van der Waals surface area contributed by atoms with Gasteiger partial charge < -0.3 is 15.1 Å². The van der Waals surface area contributed by atoms with Crippen LogP contribution in [-0.4, -0.2) is 11.5 Å². The fourth-order valence-electron chi connectivity index (χ4n) is 2.75. The van der Waals surface area contributed by atoms with E-state index in [1.54, 1.807) is 0 Å². The summed E-state index contributed by atoms with van der Waals surface area (Å²) in [6, 6.07) is 14.8. The predicted octanol–water partition coefficient (Wildman–Crippen LogP) is 2.97. The molecule has 0 atom stereocenters. The van der Waals surface area contributed by atoms with Crippen LogP contribution in [0.2, 0.25) is 0 Å². The van der Waals surface area contributed by atoms with Gasteiger partial charge in [-0.3, -0.25) is 0 Å². The minimum atomic E-state index is 0.660. The Bertz CT molecular complexity index is 778. The number of nitrogens with zero attached hydrogens (tertiary/aromatic N) is 2. The van der Waals surface area contributed by atoms with Gasteiger partial charge in [0, 0.05) is 13.1 Å². The third-order valence-corrected chi connectivity index (χ3v) is 3.84. The monoisotopic (exact) mass is 265 g/mol. The molecule has 0 fully saturated rings. The van der Waals surface area contributed by atoms with Crippen molar-refractivity contribution in [1.82, 2.24) is 4.98 Å². The molecule has 0 radical (unpaired) electrons. The zero-order chi connectivity index (χ0) is 13.5. The van der Waals surface area contributed by atoms with Crippen molar-refractivity contribution in [3.05, 3.63) is 53.6 Å². The number of rotatable bonds is 1. The molecule has 0 spiro atoms. The third-order valence-electron chi connectivity index (χ3n) is 3.84. The van der Waals surface area contributed by atoms with Crippen LogP contribution in [0.5, 0.6) is 0 Å². The summed E-state index contributed by atoms with van der Waals surface area (Å²) in [5.74, 6) is 0. The molecule has 0 saturated carbocycles. The molecule has 0 saturated heterocycles. The van der Waals surface area contributed by atoms with Crippen LogP contribution in [-0.2, 0) is 13.0 Å². The molecule has 1 aliphatic rings. The number of hydrogen-bond donors (Lipinski definition) is 1. The predicted molar refractivity (Wildman–Crippen MR) is 79.6 cm³/mol. The maximum atomic E-state index is 5.93. The number of fused-ring (bicyclic) bond motifs is 2. The molecular weight excluding hydrogens is 250 g/mol. The van der Waals surface area contributed by atoms with Crippen LogP contribution in [0.3, 0.4) is 0 Å². The smallest absolute Gasteiger partial charge is 0.298 e. The van der Waals surface area contributed by atoms with Crippen molar-refractivity contribution in [1.29, 1.82) is 0 Å². The van der Waals surface area contributed by atoms with E-state index in [-0.39, 0.29) is 0 Å². The summed E-state index contributed by atoms with van der Waals surface area (Å²) in [5, 5.41) is 0. The molecule has 4 nitrogen and oxygen atoms in total. The van der Waals surface area contributed by atoms with Crippen LogP contribution in [0.25, 0.3) is 11.1 Å². The average Bonchev–Trinajstić information content (AvgIpc) is 2.92. The zero-order valence-electron chi connectivity index (χ0n) is 11.0. The summed E-state index contributed by atoms with van der Waals surface area (Å²) in [7, 11) is 0. The highest BCUT2D eigenvalue weighted by Gasteiger charge is 2.20. The van der Waals surface area contributed by atoms with Crippen molar-refractivity contribution in [3.8, 4) is 0 Å². The van der Waals surface area contributed by atoms with Crippen molar-refractivity contribution in [2.24, 2.45) is 0 Å². The van der Waals surface area contributed by atoms with Crippen LogP contribution < -0.4 is 10.6 Å². The van der Waals surface area contributed by atoms with Gasteiger partial charge in [-0.2, -0.15) is 4.98 Å². The highest BCUT2D eigenvalue weighted by molar-refractivity contribution is 5.86. The molecule has 0 aliphatic carbocycles. The lowest BCUT2D eigenvalue weighted by molar-refractivity contribution is 0.554. The Labute approximate surface area is 116 Å². The van der Waals surface area contributed by atoms with E-state index in [4.69, 9.17) is 10.2 Å². The maximum Gasteiger partial charge on any atom is 0.298 e. The van der Waals surface area contributed by atoms with E-state index in [0.717, 1.165) is 30.6 Å². The molecule has 1 aromatic heterocycles. The second kappa shape index (κ2) is 4.27. The fraction of sp³-hybridized carbons (Fsp3) is 0.188. The lowest BCUT2D eigenvalue weighted by Gasteiger charge is -2.27. The molecular formula is C16H15N3O. The number of benzene rings is 2. The summed E-state index contributed by atoms with van der Waals surface area (Å²) < 4.78 is 5.84. The Hall–Kier alpha value is -2.49. The average molecular weight is 265 g/mol. The van der Waals surface area contributed by atoms with Crippen LogP contribution in [0.15, 0.2) is 46.9 Å². The topological polar surface area (TPSA) is 55.3 Å². The fourth-order valence-corrected chi connectivity index (χ4v) is 2.75. The van der Waals surface area contributed by atoms with Gasteiger partial charge in [-0.25, -0.2) is 0 Å². The molecule has 0 bridgehead atoms. The number of hydrogen-bond acceptors (Lipinski definition) is 4.